The highest BCUT2D eigenvalue weighted by molar-refractivity contribution is 14.1. The Morgan fingerprint density at radius 3 is 2.39 bits per heavy atom. The van der Waals surface area contributed by atoms with E-state index in [9.17, 15) is 4.79 Å². The van der Waals surface area contributed by atoms with Crippen LogP contribution in [0.5, 0.6) is 11.5 Å². The molecule has 0 spiro atoms. The van der Waals surface area contributed by atoms with Crippen LogP contribution in [0.3, 0.4) is 0 Å². The van der Waals surface area contributed by atoms with E-state index in [0.717, 1.165) is 14.7 Å². The fourth-order valence-electron chi connectivity index (χ4n) is 2.96. The number of carbonyl (C=O) groups excluding carboxylic acids is 1. The summed E-state index contributed by atoms with van der Waals surface area (Å²) in [6.07, 6.45) is 1.80. The lowest BCUT2D eigenvalue weighted by atomic mass is 10.2. The summed E-state index contributed by atoms with van der Waals surface area (Å²) in [4.78, 5) is 17.5. The van der Waals surface area contributed by atoms with Gasteiger partial charge in [-0.2, -0.15) is 0 Å². The molecule has 168 valence electrons. The van der Waals surface area contributed by atoms with Gasteiger partial charge in [-0.15, -0.1) is 0 Å². The summed E-state index contributed by atoms with van der Waals surface area (Å²) in [6, 6.07) is 18.4. The summed E-state index contributed by atoms with van der Waals surface area (Å²) in [5.74, 6) is 1.02. The summed E-state index contributed by atoms with van der Waals surface area (Å²) in [6.45, 7) is 0.382. The van der Waals surface area contributed by atoms with E-state index >= 15 is 0 Å². The van der Waals surface area contributed by atoms with Gasteiger partial charge < -0.3 is 14.8 Å². The Hall–Kier alpha value is -2.20. The number of methoxy groups -OCH3 is 1. The molecule has 1 saturated heterocycles. The van der Waals surface area contributed by atoms with E-state index in [-0.39, 0.29) is 5.91 Å². The van der Waals surface area contributed by atoms with Crippen molar-refractivity contribution in [3.05, 3.63) is 90.3 Å². The number of carbonyl (C=O) groups is 1. The summed E-state index contributed by atoms with van der Waals surface area (Å²) >= 11 is 15.3. The number of hydrogen-bond acceptors (Lipinski definition) is 5. The molecular formula is C24H17Cl2IN2O3S. The SMILES string of the molecule is COc1cc(/C=C2\SC(=Nc3ccc(Cl)cc3)NC2=O)cc(I)c1OCc1ccc(Cl)cc1. The molecule has 0 aliphatic carbocycles. The van der Waals surface area contributed by atoms with Gasteiger partial charge in [0.25, 0.3) is 5.91 Å². The highest BCUT2D eigenvalue weighted by atomic mass is 127. The van der Waals surface area contributed by atoms with Crippen LogP contribution in [0, 0.1) is 3.57 Å². The first kappa shape index (κ1) is 23.9. The third-order valence-electron chi connectivity index (χ3n) is 4.55. The van der Waals surface area contributed by atoms with Crippen molar-refractivity contribution in [2.45, 2.75) is 6.61 Å². The van der Waals surface area contributed by atoms with Crippen molar-refractivity contribution in [2.24, 2.45) is 4.99 Å². The number of aliphatic imine (C=N–C) groups is 1. The molecule has 1 heterocycles. The minimum Gasteiger partial charge on any atom is -0.493 e. The summed E-state index contributed by atoms with van der Waals surface area (Å²) in [7, 11) is 1.59. The summed E-state index contributed by atoms with van der Waals surface area (Å²) in [5.41, 5.74) is 2.53. The van der Waals surface area contributed by atoms with E-state index in [1.165, 1.54) is 11.8 Å². The molecule has 1 amide bonds. The molecule has 9 heteroatoms. The van der Waals surface area contributed by atoms with Crippen LogP contribution in [0.1, 0.15) is 11.1 Å². The second-order valence-electron chi connectivity index (χ2n) is 6.91. The molecule has 0 radical (unpaired) electrons. The maximum Gasteiger partial charge on any atom is 0.264 e. The van der Waals surface area contributed by atoms with Crippen LogP contribution in [0.15, 0.2) is 70.6 Å². The number of benzene rings is 3. The van der Waals surface area contributed by atoms with Crippen LogP contribution in [0.2, 0.25) is 10.0 Å². The molecule has 0 saturated carbocycles. The third-order valence-corrected chi connectivity index (χ3v) is 6.77. The maximum atomic E-state index is 12.5. The number of halogens is 3. The molecule has 1 aliphatic rings. The van der Waals surface area contributed by atoms with Crippen molar-refractivity contribution in [3.8, 4) is 11.5 Å². The molecule has 0 aromatic heterocycles. The van der Waals surface area contributed by atoms with Crippen LogP contribution in [0.25, 0.3) is 6.08 Å². The molecule has 33 heavy (non-hydrogen) atoms. The van der Waals surface area contributed by atoms with Crippen LogP contribution in [0.4, 0.5) is 5.69 Å². The lowest BCUT2D eigenvalue weighted by Gasteiger charge is -2.14. The molecule has 1 fully saturated rings. The minimum absolute atomic E-state index is 0.204. The number of amidine groups is 1. The fraction of sp³-hybridized carbons (Fsp3) is 0.0833. The second-order valence-corrected chi connectivity index (χ2v) is 9.97. The Kier molecular flexibility index (Phi) is 7.85. The maximum absolute atomic E-state index is 12.5. The lowest BCUT2D eigenvalue weighted by Crippen LogP contribution is -2.19. The molecule has 5 nitrogen and oxygen atoms in total. The Morgan fingerprint density at radius 2 is 1.73 bits per heavy atom. The number of nitrogens with one attached hydrogen (secondary N) is 1. The van der Waals surface area contributed by atoms with Crippen molar-refractivity contribution in [2.75, 3.05) is 7.11 Å². The van der Waals surface area contributed by atoms with Crippen molar-refractivity contribution in [1.29, 1.82) is 0 Å². The number of hydrogen-bond donors (Lipinski definition) is 1. The molecule has 0 bridgehead atoms. The average Bonchev–Trinajstić information content (AvgIpc) is 3.13. The van der Waals surface area contributed by atoms with Crippen molar-refractivity contribution in [1.82, 2.24) is 5.32 Å². The van der Waals surface area contributed by atoms with E-state index in [4.69, 9.17) is 32.7 Å². The first-order valence-corrected chi connectivity index (χ1v) is 12.4. The van der Waals surface area contributed by atoms with Crippen LogP contribution in [-0.2, 0) is 11.4 Å². The summed E-state index contributed by atoms with van der Waals surface area (Å²) in [5, 5.41) is 4.61. The van der Waals surface area contributed by atoms with Gasteiger partial charge in [-0.3, -0.25) is 4.79 Å². The van der Waals surface area contributed by atoms with Gasteiger partial charge in [0.2, 0.25) is 0 Å². The van der Waals surface area contributed by atoms with Crippen molar-refractivity contribution in [3.63, 3.8) is 0 Å². The number of rotatable bonds is 6. The Bertz CT molecular complexity index is 1250. The molecule has 0 unspecified atom stereocenters. The molecule has 1 aliphatic heterocycles. The Morgan fingerprint density at radius 1 is 1.06 bits per heavy atom. The van der Waals surface area contributed by atoms with E-state index in [0.29, 0.717) is 43.9 Å². The lowest BCUT2D eigenvalue weighted by molar-refractivity contribution is -0.115. The highest BCUT2D eigenvalue weighted by Crippen LogP contribution is 2.36. The first-order valence-electron chi connectivity index (χ1n) is 9.71. The van der Waals surface area contributed by atoms with Crippen LogP contribution >= 0.6 is 57.6 Å². The predicted octanol–water partition coefficient (Wildman–Crippen LogP) is 7.08. The van der Waals surface area contributed by atoms with E-state index in [1.807, 2.05) is 36.4 Å². The smallest absolute Gasteiger partial charge is 0.264 e. The van der Waals surface area contributed by atoms with E-state index in [1.54, 1.807) is 37.5 Å². The highest BCUT2D eigenvalue weighted by Gasteiger charge is 2.24. The number of amides is 1. The topological polar surface area (TPSA) is 59.9 Å². The second kappa shape index (κ2) is 10.8. The zero-order valence-electron chi connectivity index (χ0n) is 17.3. The normalized spacial score (nSPS) is 15.7. The van der Waals surface area contributed by atoms with Crippen molar-refractivity contribution < 1.29 is 14.3 Å². The van der Waals surface area contributed by atoms with Crippen LogP contribution in [-0.4, -0.2) is 18.2 Å². The fourth-order valence-corrected chi connectivity index (χ4v) is 4.84. The molecule has 1 N–H and O–H groups in total. The molecular weight excluding hydrogens is 594 g/mol. The van der Waals surface area contributed by atoms with Gasteiger partial charge in [-0.05, 0) is 100 Å². The number of thioether (sulfide) groups is 1. The molecule has 0 atom stereocenters. The zero-order valence-corrected chi connectivity index (χ0v) is 21.8. The predicted molar refractivity (Wildman–Crippen MR) is 144 cm³/mol. The quantitative estimate of drug-likeness (QED) is 0.239. The largest absolute Gasteiger partial charge is 0.493 e. The van der Waals surface area contributed by atoms with E-state index in [2.05, 4.69) is 32.9 Å². The van der Waals surface area contributed by atoms with Gasteiger partial charge in [-0.1, -0.05) is 35.3 Å². The van der Waals surface area contributed by atoms with Gasteiger partial charge in [0.05, 0.1) is 21.3 Å². The molecule has 3 aromatic carbocycles. The first-order chi connectivity index (χ1) is 15.9. The number of ether oxygens (including phenoxy) is 2. The molecule has 4 rings (SSSR count). The van der Waals surface area contributed by atoms with Gasteiger partial charge in [0.15, 0.2) is 16.7 Å². The third kappa shape index (κ3) is 6.23. The Labute approximate surface area is 219 Å². The van der Waals surface area contributed by atoms with Crippen LogP contribution < -0.4 is 14.8 Å². The monoisotopic (exact) mass is 610 g/mol. The van der Waals surface area contributed by atoms with Gasteiger partial charge in [0, 0.05) is 10.0 Å². The minimum atomic E-state index is -0.204. The van der Waals surface area contributed by atoms with Gasteiger partial charge in [0.1, 0.15) is 6.61 Å². The Balaban J connectivity index is 1.52. The summed E-state index contributed by atoms with van der Waals surface area (Å²) < 4.78 is 12.4. The van der Waals surface area contributed by atoms with Gasteiger partial charge in [-0.25, -0.2) is 4.99 Å². The van der Waals surface area contributed by atoms with E-state index < -0.39 is 0 Å². The van der Waals surface area contributed by atoms with Crippen molar-refractivity contribution >= 4 is 80.4 Å². The zero-order chi connectivity index (χ0) is 23.4. The van der Waals surface area contributed by atoms with Gasteiger partial charge >= 0.3 is 0 Å². The average molecular weight is 611 g/mol. The number of nitrogens with zero attached hydrogens (tertiary/aromatic N) is 1. The standard InChI is InChI=1S/C24H17Cl2IN2O3S/c1-31-20-11-15(10-19(27)22(20)32-13-14-2-4-16(25)5-3-14)12-21-23(30)29-24(33-21)28-18-8-6-17(26)7-9-18/h2-12H,13H2,1H3,(H,28,29,30)/b21-12-. The molecule has 3 aromatic rings.